The van der Waals surface area contributed by atoms with E-state index in [1.54, 1.807) is 0 Å². The number of hydrogen-bond donors (Lipinski definition) is 2. The second-order valence-corrected chi connectivity index (χ2v) is 5.42. The topological polar surface area (TPSA) is 50.4 Å². The lowest BCUT2D eigenvalue weighted by Crippen LogP contribution is -2.37. The molecule has 0 saturated carbocycles. The number of fused-ring (bicyclic) bond motifs is 1. The minimum Gasteiger partial charge on any atom is -0.491 e. The summed E-state index contributed by atoms with van der Waals surface area (Å²) >= 11 is 0. The predicted molar refractivity (Wildman–Crippen MR) is 96.1 cm³/mol. The Labute approximate surface area is 141 Å². The molecule has 3 aromatic rings. The summed E-state index contributed by atoms with van der Waals surface area (Å²) in [4.78, 5) is 11.8. The molecule has 122 valence electrons. The molecule has 2 amide bonds. The third kappa shape index (κ3) is 4.26. The summed E-state index contributed by atoms with van der Waals surface area (Å²) in [5.41, 5.74) is 1.07. The van der Waals surface area contributed by atoms with E-state index in [4.69, 9.17) is 4.74 Å². The SMILES string of the molecule is O=C(NCCOc1cccc2ccccc12)NCc1ccccc1. The van der Waals surface area contributed by atoms with Gasteiger partial charge in [-0.05, 0) is 17.0 Å². The third-order valence-electron chi connectivity index (χ3n) is 3.69. The van der Waals surface area contributed by atoms with Crippen LogP contribution in [-0.4, -0.2) is 19.2 Å². The summed E-state index contributed by atoms with van der Waals surface area (Å²) in [5.74, 6) is 0.833. The summed E-state index contributed by atoms with van der Waals surface area (Å²) in [6.45, 7) is 1.38. The second kappa shape index (κ2) is 8.02. The summed E-state index contributed by atoms with van der Waals surface area (Å²) in [6, 6.07) is 23.7. The monoisotopic (exact) mass is 320 g/mol. The van der Waals surface area contributed by atoms with Gasteiger partial charge >= 0.3 is 6.03 Å². The Morgan fingerprint density at radius 2 is 1.58 bits per heavy atom. The number of carbonyl (C=O) groups excluding carboxylic acids is 1. The van der Waals surface area contributed by atoms with Crippen molar-refractivity contribution < 1.29 is 9.53 Å². The van der Waals surface area contributed by atoms with Crippen LogP contribution in [0.15, 0.2) is 72.8 Å². The molecule has 3 aromatic carbocycles. The van der Waals surface area contributed by atoms with Gasteiger partial charge in [-0.15, -0.1) is 0 Å². The minimum atomic E-state index is -0.194. The number of amides is 2. The molecule has 0 radical (unpaired) electrons. The number of carbonyl (C=O) groups is 1. The quantitative estimate of drug-likeness (QED) is 0.680. The van der Waals surface area contributed by atoms with Gasteiger partial charge in [0.15, 0.2) is 0 Å². The molecule has 24 heavy (non-hydrogen) atoms. The molecule has 0 bridgehead atoms. The van der Waals surface area contributed by atoms with Crippen LogP contribution in [-0.2, 0) is 6.54 Å². The van der Waals surface area contributed by atoms with Crippen molar-refractivity contribution in [3.8, 4) is 5.75 Å². The first-order valence-corrected chi connectivity index (χ1v) is 7.99. The number of nitrogens with one attached hydrogen (secondary N) is 2. The molecule has 0 fully saturated rings. The summed E-state index contributed by atoms with van der Waals surface area (Å²) in [7, 11) is 0. The first-order chi connectivity index (χ1) is 11.8. The van der Waals surface area contributed by atoms with Crippen molar-refractivity contribution in [2.45, 2.75) is 6.54 Å². The van der Waals surface area contributed by atoms with Gasteiger partial charge in [-0.3, -0.25) is 0 Å². The van der Waals surface area contributed by atoms with Gasteiger partial charge in [-0.2, -0.15) is 0 Å². The van der Waals surface area contributed by atoms with Gasteiger partial charge in [0.25, 0.3) is 0 Å². The van der Waals surface area contributed by atoms with Crippen LogP contribution < -0.4 is 15.4 Å². The van der Waals surface area contributed by atoms with Crippen molar-refractivity contribution in [3.05, 3.63) is 78.4 Å². The normalized spacial score (nSPS) is 10.3. The van der Waals surface area contributed by atoms with E-state index in [9.17, 15) is 4.79 Å². The maximum Gasteiger partial charge on any atom is 0.315 e. The molecule has 0 unspecified atom stereocenters. The molecule has 0 heterocycles. The zero-order valence-electron chi connectivity index (χ0n) is 13.4. The Kier molecular flexibility index (Phi) is 5.30. The van der Waals surface area contributed by atoms with Gasteiger partial charge in [0.05, 0.1) is 6.54 Å². The Bertz CT molecular complexity index is 798. The van der Waals surface area contributed by atoms with Crippen LogP contribution >= 0.6 is 0 Å². The fourth-order valence-electron chi connectivity index (χ4n) is 2.49. The van der Waals surface area contributed by atoms with Gasteiger partial charge in [-0.1, -0.05) is 66.7 Å². The van der Waals surface area contributed by atoms with Gasteiger partial charge in [-0.25, -0.2) is 4.79 Å². The predicted octanol–water partition coefficient (Wildman–Crippen LogP) is 3.72. The average Bonchev–Trinajstić information content (AvgIpc) is 2.64. The fraction of sp³-hybridized carbons (Fsp3) is 0.150. The smallest absolute Gasteiger partial charge is 0.315 e. The standard InChI is InChI=1S/C20H20N2O2/c23-20(22-15-16-7-2-1-3-8-16)21-13-14-24-19-12-6-10-17-9-4-5-11-18(17)19/h1-12H,13-15H2,(H2,21,22,23). The summed E-state index contributed by atoms with van der Waals surface area (Å²) < 4.78 is 5.79. The van der Waals surface area contributed by atoms with Gasteiger partial charge in [0.2, 0.25) is 0 Å². The van der Waals surface area contributed by atoms with Crippen LogP contribution in [0.1, 0.15) is 5.56 Å². The molecule has 0 aliphatic carbocycles. The maximum atomic E-state index is 11.8. The molecular formula is C20H20N2O2. The Hall–Kier alpha value is -3.01. The van der Waals surface area contributed by atoms with Crippen LogP contribution in [0.5, 0.6) is 5.75 Å². The van der Waals surface area contributed by atoms with Crippen molar-refractivity contribution in [3.63, 3.8) is 0 Å². The molecule has 0 spiro atoms. The van der Waals surface area contributed by atoms with Crippen molar-refractivity contribution in [1.29, 1.82) is 0 Å². The Balaban J connectivity index is 1.42. The highest BCUT2D eigenvalue weighted by Crippen LogP contribution is 2.24. The molecule has 0 aliphatic rings. The number of ether oxygens (including phenoxy) is 1. The highest BCUT2D eigenvalue weighted by Gasteiger charge is 2.02. The maximum absolute atomic E-state index is 11.8. The van der Waals surface area contributed by atoms with Gasteiger partial charge in [0, 0.05) is 11.9 Å². The number of urea groups is 1. The van der Waals surface area contributed by atoms with E-state index in [0.717, 1.165) is 22.1 Å². The molecule has 4 heteroatoms. The van der Waals surface area contributed by atoms with E-state index >= 15 is 0 Å². The van der Waals surface area contributed by atoms with Crippen molar-refractivity contribution in [1.82, 2.24) is 10.6 Å². The van der Waals surface area contributed by atoms with E-state index in [1.165, 1.54) is 0 Å². The summed E-state index contributed by atoms with van der Waals surface area (Å²) in [6.07, 6.45) is 0. The Morgan fingerprint density at radius 1 is 0.833 bits per heavy atom. The summed E-state index contributed by atoms with van der Waals surface area (Å²) in [5, 5.41) is 7.84. The van der Waals surface area contributed by atoms with Crippen molar-refractivity contribution >= 4 is 16.8 Å². The first-order valence-electron chi connectivity index (χ1n) is 7.99. The van der Waals surface area contributed by atoms with Gasteiger partial charge in [0.1, 0.15) is 12.4 Å². The zero-order chi connectivity index (χ0) is 16.6. The number of benzene rings is 3. The molecule has 3 rings (SSSR count). The molecule has 2 N–H and O–H groups in total. The third-order valence-corrected chi connectivity index (χ3v) is 3.69. The van der Waals surface area contributed by atoms with E-state index in [2.05, 4.69) is 22.8 Å². The van der Waals surface area contributed by atoms with Crippen molar-refractivity contribution in [2.75, 3.05) is 13.2 Å². The molecular weight excluding hydrogens is 300 g/mol. The molecule has 0 atom stereocenters. The van der Waals surface area contributed by atoms with E-state index in [-0.39, 0.29) is 6.03 Å². The van der Waals surface area contributed by atoms with Crippen LogP contribution in [0, 0.1) is 0 Å². The van der Waals surface area contributed by atoms with E-state index < -0.39 is 0 Å². The van der Waals surface area contributed by atoms with Crippen LogP contribution in [0.4, 0.5) is 4.79 Å². The lowest BCUT2D eigenvalue weighted by Gasteiger charge is -2.11. The zero-order valence-corrected chi connectivity index (χ0v) is 13.4. The van der Waals surface area contributed by atoms with E-state index in [1.807, 2.05) is 60.7 Å². The van der Waals surface area contributed by atoms with Crippen molar-refractivity contribution in [2.24, 2.45) is 0 Å². The lowest BCUT2D eigenvalue weighted by molar-refractivity contribution is 0.236. The number of hydrogen-bond acceptors (Lipinski definition) is 2. The average molecular weight is 320 g/mol. The Morgan fingerprint density at radius 3 is 2.46 bits per heavy atom. The largest absolute Gasteiger partial charge is 0.491 e. The molecule has 0 saturated heterocycles. The number of rotatable bonds is 6. The molecule has 4 nitrogen and oxygen atoms in total. The first kappa shape index (κ1) is 15.9. The molecule has 0 aliphatic heterocycles. The lowest BCUT2D eigenvalue weighted by atomic mass is 10.1. The second-order valence-electron chi connectivity index (χ2n) is 5.42. The van der Waals surface area contributed by atoms with Crippen LogP contribution in [0.2, 0.25) is 0 Å². The van der Waals surface area contributed by atoms with Crippen LogP contribution in [0.3, 0.4) is 0 Å². The highest BCUT2D eigenvalue weighted by atomic mass is 16.5. The molecule has 0 aromatic heterocycles. The highest BCUT2D eigenvalue weighted by molar-refractivity contribution is 5.88. The fourth-order valence-corrected chi connectivity index (χ4v) is 2.49. The van der Waals surface area contributed by atoms with Crippen LogP contribution in [0.25, 0.3) is 10.8 Å². The van der Waals surface area contributed by atoms with E-state index in [0.29, 0.717) is 19.7 Å². The van der Waals surface area contributed by atoms with Gasteiger partial charge < -0.3 is 15.4 Å². The minimum absolute atomic E-state index is 0.194.